The number of aryl methyl sites for hydroxylation is 2. The lowest BCUT2D eigenvalue weighted by molar-refractivity contribution is -0.119. The molecule has 0 saturated heterocycles. The van der Waals surface area contributed by atoms with E-state index in [1.54, 1.807) is 25.1 Å². The van der Waals surface area contributed by atoms with Crippen molar-refractivity contribution in [2.24, 2.45) is 5.73 Å². The average molecular weight is 376 g/mol. The summed E-state index contributed by atoms with van der Waals surface area (Å²) in [5.74, 6) is -1.38. The van der Waals surface area contributed by atoms with Gasteiger partial charge in [0.1, 0.15) is 12.4 Å². The maximum atomic E-state index is 14.2. The topological polar surface area (TPSA) is 76.3 Å². The number of fused-ring (bicyclic) bond motifs is 1. The van der Waals surface area contributed by atoms with Crippen LogP contribution >= 0.6 is 11.6 Å². The van der Waals surface area contributed by atoms with Crippen molar-refractivity contribution in [3.63, 3.8) is 0 Å². The minimum absolute atomic E-state index is 0.257. The van der Waals surface area contributed by atoms with Gasteiger partial charge >= 0.3 is 0 Å². The van der Waals surface area contributed by atoms with Crippen LogP contribution in [-0.2, 0) is 11.2 Å². The maximum Gasteiger partial charge on any atom is 0.256 e. The number of rotatable bonds is 4. The highest BCUT2D eigenvalue weighted by Crippen LogP contribution is 2.39. The number of carbonyl (C=O) groups is 2. The van der Waals surface area contributed by atoms with Crippen LogP contribution in [0.4, 0.5) is 4.39 Å². The molecule has 5 nitrogen and oxygen atoms in total. The molecule has 1 aromatic carbocycles. The van der Waals surface area contributed by atoms with Crippen LogP contribution in [0.15, 0.2) is 24.3 Å². The zero-order chi connectivity index (χ0) is 19.0. The van der Waals surface area contributed by atoms with Gasteiger partial charge in [-0.05, 0) is 62.1 Å². The first-order chi connectivity index (χ1) is 12.3. The van der Waals surface area contributed by atoms with Gasteiger partial charge in [-0.25, -0.2) is 4.39 Å². The molecule has 2 amide bonds. The smallest absolute Gasteiger partial charge is 0.256 e. The zero-order valence-corrected chi connectivity index (χ0v) is 15.3. The van der Waals surface area contributed by atoms with Crippen LogP contribution in [0.5, 0.6) is 0 Å². The van der Waals surface area contributed by atoms with E-state index in [0.29, 0.717) is 35.2 Å². The van der Waals surface area contributed by atoms with Crippen LogP contribution in [0.3, 0.4) is 0 Å². The molecule has 0 spiro atoms. The predicted molar refractivity (Wildman–Crippen MR) is 96.4 cm³/mol. The highest BCUT2D eigenvalue weighted by atomic mass is 35.5. The fourth-order valence-corrected chi connectivity index (χ4v) is 3.72. The fraction of sp³-hybridized carbons (Fsp3) is 0.316. The summed E-state index contributed by atoms with van der Waals surface area (Å²) >= 11 is 6.00. The third-order valence-corrected chi connectivity index (χ3v) is 4.86. The Morgan fingerprint density at radius 3 is 2.73 bits per heavy atom. The molecular weight excluding hydrogens is 357 g/mol. The highest BCUT2D eigenvalue weighted by molar-refractivity contribution is 6.30. The largest absolute Gasteiger partial charge is 0.368 e. The van der Waals surface area contributed by atoms with Crippen molar-refractivity contribution in [1.29, 1.82) is 0 Å². The zero-order valence-electron chi connectivity index (χ0n) is 14.6. The molecule has 1 aliphatic rings. The number of halogens is 2. The minimum Gasteiger partial charge on any atom is -0.368 e. The van der Waals surface area contributed by atoms with Gasteiger partial charge in [0.05, 0.1) is 17.3 Å². The normalized spacial score (nSPS) is 15.6. The van der Waals surface area contributed by atoms with Gasteiger partial charge in [-0.2, -0.15) is 0 Å². The van der Waals surface area contributed by atoms with Crippen molar-refractivity contribution < 1.29 is 14.0 Å². The number of carbonyl (C=O) groups excluding carboxylic acids is 2. The number of hydrogen-bond acceptors (Lipinski definition) is 3. The Morgan fingerprint density at radius 2 is 2.08 bits per heavy atom. The summed E-state index contributed by atoms with van der Waals surface area (Å²) < 4.78 is 14.2. The number of nitrogens with two attached hydrogens (primary N) is 1. The quantitative estimate of drug-likeness (QED) is 0.892. The molecule has 1 heterocycles. The van der Waals surface area contributed by atoms with Crippen LogP contribution in [0.2, 0.25) is 5.02 Å². The number of nitrogens with zero attached hydrogens (tertiary/aromatic N) is 2. The lowest BCUT2D eigenvalue weighted by Gasteiger charge is -2.29. The van der Waals surface area contributed by atoms with Gasteiger partial charge in [0.25, 0.3) is 5.91 Å². The van der Waals surface area contributed by atoms with Crippen molar-refractivity contribution in [3.05, 3.63) is 63.2 Å². The van der Waals surface area contributed by atoms with E-state index >= 15 is 0 Å². The Hall–Kier alpha value is -2.47. The average Bonchev–Trinajstić information content (AvgIpc) is 2.95. The molecule has 2 N–H and O–H groups in total. The first kappa shape index (κ1) is 18.3. The Labute approximate surface area is 156 Å². The molecule has 136 valence electrons. The van der Waals surface area contributed by atoms with Gasteiger partial charge in [-0.1, -0.05) is 11.6 Å². The summed E-state index contributed by atoms with van der Waals surface area (Å²) in [5, 5.41) is 0.257. The van der Waals surface area contributed by atoms with Crippen molar-refractivity contribution in [2.45, 2.75) is 32.7 Å². The molecule has 0 saturated carbocycles. The maximum absolute atomic E-state index is 14.2. The van der Waals surface area contributed by atoms with Gasteiger partial charge in [-0.3, -0.25) is 14.6 Å². The predicted octanol–water partition coefficient (Wildman–Crippen LogP) is 3.11. The number of pyridine rings is 1. The number of hydrogen-bond donors (Lipinski definition) is 1. The van der Waals surface area contributed by atoms with Crippen molar-refractivity contribution in [3.8, 4) is 0 Å². The highest BCUT2D eigenvalue weighted by Gasteiger charge is 2.34. The molecule has 0 bridgehead atoms. The van der Waals surface area contributed by atoms with Gasteiger partial charge in [0.2, 0.25) is 5.91 Å². The van der Waals surface area contributed by atoms with E-state index < -0.39 is 17.8 Å². The van der Waals surface area contributed by atoms with Gasteiger partial charge in [0.15, 0.2) is 0 Å². The molecule has 3 rings (SSSR count). The first-order valence-corrected chi connectivity index (χ1v) is 8.67. The fourth-order valence-electron chi connectivity index (χ4n) is 3.50. The summed E-state index contributed by atoms with van der Waals surface area (Å²) in [4.78, 5) is 30.4. The summed E-state index contributed by atoms with van der Waals surface area (Å²) in [6, 6.07) is 5.87. The number of amides is 2. The van der Waals surface area contributed by atoms with Crippen LogP contribution in [0.25, 0.3) is 0 Å². The summed E-state index contributed by atoms with van der Waals surface area (Å²) in [6.07, 6.45) is 0.973. The first-order valence-electron chi connectivity index (χ1n) is 8.29. The van der Waals surface area contributed by atoms with E-state index in [1.165, 1.54) is 11.0 Å². The molecule has 2 aromatic rings. The van der Waals surface area contributed by atoms with E-state index in [2.05, 4.69) is 4.98 Å². The number of primary amides is 1. The van der Waals surface area contributed by atoms with Crippen LogP contribution in [0, 0.1) is 19.7 Å². The molecule has 0 fully saturated rings. The lowest BCUT2D eigenvalue weighted by Crippen LogP contribution is -2.40. The second kappa shape index (κ2) is 7.03. The van der Waals surface area contributed by atoms with Gasteiger partial charge in [-0.15, -0.1) is 0 Å². The van der Waals surface area contributed by atoms with Crippen LogP contribution in [0.1, 0.15) is 45.3 Å². The molecule has 1 unspecified atom stereocenters. The SMILES string of the molecule is Cc1ccc(C(=O)N(CC(N)=O)C2CCc3c(F)cc(Cl)cc32)c(C)n1. The lowest BCUT2D eigenvalue weighted by atomic mass is 10.0. The van der Waals surface area contributed by atoms with Crippen molar-refractivity contribution in [2.75, 3.05) is 6.54 Å². The second-order valence-corrected chi connectivity index (χ2v) is 6.93. The van der Waals surface area contributed by atoms with Gasteiger partial charge < -0.3 is 10.6 Å². The Bertz CT molecular complexity index is 901. The molecule has 1 aromatic heterocycles. The molecule has 0 radical (unpaired) electrons. The monoisotopic (exact) mass is 375 g/mol. The van der Waals surface area contributed by atoms with Crippen molar-refractivity contribution in [1.82, 2.24) is 9.88 Å². The molecule has 7 heteroatoms. The standard InChI is InChI=1S/C19H19ClFN3O2/c1-10-3-4-13(11(2)23-10)19(26)24(9-18(22)25)17-6-5-14-15(17)7-12(20)8-16(14)21/h3-4,7-8,17H,5-6,9H2,1-2H3,(H2,22,25). The van der Waals surface area contributed by atoms with E-state index in [4.69, 9.17) is 17.3 Å². The van der Waals surface area contributed by atoms with Crippen molar-refractivity contribution >= 4 is 23.4 Å². The van der Waals surface area contributed by atoms with Crippen LogP contribution in [-0.4, -0.2) is 28.2 Å². The Morgan fingerprint density at radius 1 is 1.35 bits per heavy atom. The number of aromatic nitrogens is 1. The summed E-state index contributed by atoms with van der Waals surface area (Å²) in [7, 11) is 0. The van der Waals surface area contributed by atoms with Crippen LogP contribution < -0.4 is 5.73 Å². The summed E-state index contributed by atoms with van der Waals surface area (Å²) in [5.41, 5.74) is 8.28. The van der Waals surface area contributed by atoms with Gasteiger partial charge in [0, 0.05) is 10.7 Å². The summed E-state index contributed by atoms with van der Waals surface area (Å²) in [6.45, 7) is 3.31. The number of benzene rings is 1. The Kier molecular flexibility index (Phi) is 4.96. The minimum atomic E-state index is -0.632. The van der Waals surface area contributed by atoms with E-state index in [1.807, 2.05) is 6.92 Å². The third kappa shape index (κ3) is 3.42. The molecular formula is C19H19ClFN3O2. The molecule has 26 heavy (non-hydrogen) atoms. The Balaban J connectivity index is 2.03. The van der Waals surface area contributed by atoms with E-state index in [-0.39, 0.29) is 17.5 Å². The van der Waals surface area contributed by atoms with E-state index in [0.717, 1.165) is 5.69 Å². The third-order valence-electron chi connectivity index (χ3n) is 4.64. The van der Waals surface area contributed by atoms with E-state index in [9.17, 15) is 14.0 Å². The second-order valence-electron chi connectivity index (χ2n) is 6.49. The molecule has 1 atom stereocenters. The molecule has 0 aliphatic heterocycles. The molecule has 1 aliphatic carbocycles.